The zero-order valence-corrected chi connectivity index (χ0v) is 17.4. The first-order chi connectivity index (χ1) is 13.0. The highest BCUT2D eigenvalue weighted by molar-refractivity contribution is 6.10. The molecule has 0 amide bonds. The van der Waals surface area contributed by atoms with E-state index in [1.54, 1.807) is 0 Å². The number of hydrogen-bond acceptors (Lipinski definition) is 3. The topological polar surface area (TPSA) is 43.4 Å². The third kappa shape index (κ3) is 3.36. The highest BCUT2D eigenvalue weighted by Gasteiger charge is 2.37. The Morgan fingerprint density at radius 3 is 2.04 bits per heavy atom. The van der Waals surface area contributed by atoms with Gasteiger partial charge < -0.3 is 4.74 Å². The molecule has 0 N–H and O–H groups in total. The number of ether oxygens (including phenoxy) is 1. The lowest BCUT2D eigenvalue weighted by molar-refractivity contribution is 0.0595. The molecule has 148 valence electrons. The maximum Gasteiger partial charge on any atom is 0.340 e. The van der Waals surface area contributed by atoms with Gasteiger partial charge in [0.25, 0.3) is 0 Å². The van der Waals surface area contributed by atoms with Crippen molar-refractivity contribution < 1.29 is 18.7 Å². The van der Waals surface area contributed by atoms with Gasteiger partial charge in [0.15, 0.2) is 5.78 Å². The zero-order valence-electron chi connectivity index (χ0n) is 17.4. The van der Waals surface area contributed by atoms with Gasteiger partial charge in [-0.3, -0.25) is 4.79 Å². The minimum atomic E-state index is -0.759. The molecule has 0 radical (unpaired) electrons. The van der Waals surface area contributed by atoms with Crippen molar-refractivity contribution in [1.29, 1.82) is 0 Å². The summed E-state index contributed by atoms with van der Waals surface area (Å²) in [5.74, 6) is -1.75. The van der Waals surface area contributed by atoms with Gasteiger partial charge in [0.2, 0.25) is 0 Å². The lowest BCUT2D eigenvalue weighted by Crippen LogP contribution is -2.34. The lowest BCUT2D eigenvalue weighted by atomic mass is 9.62. The highest BCUT2D eigenvalue weighted by Crippen LogP contribution is 2.46. The van der Waals surface area contributed by atoms with E-state index in [9.17, 15) is 14.0 Å². The molecule has 3 rings (SSSR count). The minimum absolute atomic E-state index is 0.0203. The molecule has 1 aliphatic carbocycles. The van der Waals surface area contributed by atoms with E-state index in [1.165, 1.54) is 30.4 Å². The lowest BCUT2D eigenvalue weighted by Gasteiger charge is -2.42. The monoisotopic (exact) mass is 382 g/mol. The van der Waals surface area contributed by atoms with Crippen LogP contribution in [0.1, 0.15) is 83.5 Å². The fraction of sp³-hybridized carbons (Fsp3) is 0.417. The molecule has 0 aromatic heterocycles. The fourth-order valence-electron chi connectivity index (χ4n) is 4.05. The largest absolute Gasteiger partial charge is 0.465 e. The van der Waals surface area contributed by atoms with Crippen LogP contribution in [0.4, 0.5) is 4.39 Å². The predicted molar refractivity (Wildman–Crippen MR) is 108 cm³/mol. The molecule has 0 aliphatic heterocycles. The van der Waals surface area contributed by atoms with E-state index in [-0.39, 0.29) is 27.7 Å². The quantitative estimate of drug-likeness (QED) is 0.520. The number of methoxy groups -OCH3 is 1. The van der Waals surface area contributed by atoms with Crippen LogP contribution < -0.4 is 0 Å². The smallest absolute Gasteiger partial charge is 0.340 e. The molecule has 0 heterocycles. The van der Waals surface area contributed by atoms with E-state index >= 15 is 0 Å². The maximum absolute atomic E-state index is 14.3. The standard InChI is InChI=1S/C24H27FO3/c1-14-11-18-19(24(4,5)10-9-23(18,2)3)13-17(14)21(26)15-7-8-16(20(25)12-15)22(27)28-6/h7-8,11-13H,9-10H2,1-6H3. The van der Waals surface area contributed by atoms with Gasteiger partial charge in [-0.05, 0) is 71.6 Å². The van der Waals surface area contributed by atoms with Crippen molar-refractivity contribution >= 4 is 11.8 Å². The van der Waals surface area contributed by atoms with Crippen molar-refractivity contribution in [3.8, 4) is 0 Å². The first-order valence-corrected chi connectivity index (χ1v) is 9.56. The molecule has 0 saturated heterocycles. The van der Waals surface area contributed by atoms with E-state index < -0.39 is 11.8 Å². The van der Waals surface area contributed by atoms with Crippen LogP contribution >= 0.6 is 0 Å². The van der Waals surface area contributed by atoms with Crippen LogP contribution in [-0.2, 0) is 15.6 Å². The number of ketones is 1. The SMILES string of the molecule is COC(=O)c1ccc(C(=O)c2cc3c(cc2C)C(C)(C)CCC3(C)C)cc1F. The van der Waals surface area contributed by atoms with Gasteiger partial charge in [-0.15, -0.1) is 0 Å². The van der Waals surface area contributed by atoms with Crippen LogP contribution in [0.15, 0.2) is 30.3 Å². The van der Waals surface area contributed by atoms with E-state index in [0.717, 1.165) is 24.5 Å². The fourth-order valence-corrected chi connectivity index (χ4v) is 4.05. The molecule has 4 heteroatoms. The number of hydrogen-bond donors (Lipinski definition) is 0. The normalized spacial score (nSPS) is 17.0. The van der Waals surface area contributed by atoms with E-state index in [1.807, 2.05) is 13.0 Å². The van der Waals surface area contributed by atoms with Crippen molar-refractivity contribution in [2.75, 3.05) is 7.11 Å². The molecule has 0 spiro atoms. The summed E-state index contributed by atoms with van der Waals surface area (Å²) < 4.78 is 18.9. The predicted octanol–water partition coefficient (Wildman–Crippen LogP) is 5.50. The van der Waals surface area contributed by atoms with Gasteiger partial charge in [-0.2, -0.15) is 0 Å². The average molecular weight is 382 g/mol. The Morgan fingerprint density at radius 2 is 1.50 bits per heavy atom. The number of halogens is 1. The van der Waals surface area contributed by atoms with Gasteiger partial charge in [0.1, 0.15) is 5.82 Å². The second kappa shape index (κ2) is 6.84. The molecule has 0 unspecified atom stereocenters. The summed E-state index contributed by atoms with van der Waals surface area (Å²) in [6.45, 7) is 10.8. The average Bonchev–Trinajstić information content (AvgIpc) is 2.64. The third-order valence-electron chi connectivity index (χ3n) is 6.08. The van der Waals surface area contributed by atoms with Crippen LogP contribution in [0.2, 0.25) is 0 Å². The molecular weight excluding hydrogens is 355 g/mol. The molecular formula is C24H27FO3. The van der Waals surface area contributed by atoms with Crippen molar-refractivity contribution in [1.82, 2.24) is 0 Å². The van der Waals surface area contributed by atoms with Crippen molar-refractivity contribution in [3.05, 3.63) is 69.5 Å². The summed E-state index contributed by atoms with van der Waals surface area (Å²) in [5.41, 5.74) is 4.01. The van der Waals surface area contributed by atoms with Gasteiger partial charge in [-0.25, -0.2) is 9.18 Å². The van der Waals surface area contributed by atoms with Gasteiger partial charge >= 0.3 is 5.97 Å². The number of carbonyl (C=O) groups excluding carboxylic acids is 2. The van der Waals surface area contributed by atoms with Crippen LogP contribution in [-0.4, -0.2) is 18.9 Å². The minimum Gasteiger partial charge on any atom is -0.465 e. The van der Waals surface area contributed by atoms with E-state index in [2.05, 4.69) is 38.5 Å². The van der Waals surface area contributed by atoms with Gasteiger partial charge in [0.05, 0.1) is 12.7 Å². The Morgan fingerprint density at radius 1 is 0.929 bits per heavy atom. The Kier molecular flexibility index (Phi) is 4.95. The molecule has 0 atom stereocenters. The molecule has 2 aromatic carbocycles. The summed E-state index contributed by atoms with van der Waals surface area (Å²) >= 11 is 0. The zero-order chi connectivity index (χ0) is 20.9. The van der Waals surface area contributed by atoms with Gasteiger partial charge in [-0.1, -0.05) is 33.8 Å². The number of rotatable bonds is 3. The summed E-state index contributed by atoms with van der Waals surface area (Å²) in [4.78, 5) is 24.7. The summed E-state index contributed by atoms with van der Waals surface area (Å²) in [5, 5.41) is 0. The molecule has 28 heavy (non-hydrogen) atoms. The molecule has 0 bridgehead atoms. The number of aryl methyl sites for hydroxylation is 1. The first-order valence-electron chi connectivity index (χ1n) is 9.56. The van der Waals surface area contributed by atoms with Crippen LogP contribution in [0, 0.1) is 12.7 Å². The van der Waals surface area contributed by atoms with Crippen LogP contribution in [0.5, 0.6) is 0 Å². The number of fused-ring (bicyclic) bond motifs is 1. The van der Waals surface area contributed by atoms with Gasteiger partial charge in [0, 0.05) is 11.1 Å². The Hall–Kier alpha value is -2.49. The summed E-state index contributed by atoms with van der Waals surface area (Å²) in [6, 6.07) is 7.99. The second-order valence-corrected chi connectivity index (χ2v) is 9.00. The molecule has 2 aromatic rings. The molecule has 1 aliphatic rings. The maximum atomic E-state index is 14.3. The Balaban J connectivity index is 2.09. The molecule has 3 nitrogen and oxygen atoms in total. The third-order valence-corrected chi connectivity index (χ3v) is 6.08. The Labute approximate surface area is 165 Å². The molecule has 0 saturated carbocycles. The molecule has 0 fully saturated rings. The Bertz CT molecular complexity index is 970. The van der Waals surface area contributed by atoms with Crippen LogP contribution in [0.25, 0.3) is 0 Å². The van der Waals surface area contributed by atoms with E-state index in [0.29, 0.717) is 5.56 Å². The number of carbonyl (C=O) groups is 2. The summed E-state index contributed by atoms with van der Waals surface area (Å²) in [6.07, 6.45) is 2.14. The number of esters is 1. The van der Waals surface area contributed by atoms with E-state index in [4.69, 9.17) is 0 Å². The number of benzene rings is 2. The first kappa shape index (κ1) is 20.2. The highest BCUT2D eigenvalue weighted by atomic mass is 19.1. The van der Waals surface area contributed by atoms with Crippen molar-refractivity contribution in [2.45, 2.75) is 58.3 Å². The second-order valence-electron chi connectivity index (χ2n) is 9.00. The van der Waals surface area contributed by atoms with Crippen molar-refractivity contribution in [3.63, 3.8) is 0 Å². The van der Waals surface area contributed by atoms with Crippen LogP contribution in [0.3, 0.4) is 0 Å². The van der Waals surface area contributed by atoms with Crippen molar-refractivity contribution in [2.24, 2.45) is 0 Å². The summed E-state index contributed by atoms with van der Waals surface area (Å²) in [7, 11) is 1.19.